The van der Waals surface area contributed by atoms with Gasteiger partial charge in [-0.1, -0.05) is 12.1 Å². The first-order valence-electron chi connectivity index (χ1n) is 9.17. The number of nitrogens with zero attached hydrogens (tertiary/aromatic N) is 1. The van der Waals surface area contributed by atoms with Crippen LogP contribution >= 0.6 is 0 Å². The van der Waals surface area contributed by atoms with E-state index in [1.54, 1.807) is 6.07 Å². The van der Waals surface area contributed by atoms with Gasteiger partial charge in [-0.15, -0.1) is 0 Å². The molecule has 0 atom stereocenters. The quantitative estimate of drug-likeness (QED) is 0.663. The molecule has 0 spiro atoms. The summed E-state index contributed by atoms with van der Waals surface area (Å²) >= 11 is 0. The van der Waals surface area contributed by atoms with Crippen molar-refractivity contribution in [1.82, 2.24) is 4.90 Å². The van der Waals surface area contributed by atoms with Crippen molar-refractivity contribution in [2.24, 2.45) is 0 Å². The first-order valence-corrected chi connectivity index (χ1v) is 9.17. The molecule has 1 aliphatic heterocycles. The average molecular weight is 379 g/mol. The molecule has 0 unspecified atom stereocenters. The SMILES string of the molecule is O=C(CN1CCOCC1)Nc1ccc(Nc2cc(=O)oc3ccccc23)cc1. The van der Waals surface area contributed by atoms with Crippen LogP contribution < -0.4 is 16.3 Å². The van der Waals surface area contributed by atoms with Gasteiger partial charge in [0.2, 0.25) is 5.91 Å². The third-order valence-corrected chi connectivity index (χ3v) is 4.57. The van der Waals surface area contributed by atoms with Crippen LogP contribution in [0.5, 0.6) is 0 Å². The Balaban J connectivity index is 1.42. The molecule has 2 N–H and O–H groups in total. The molecule has 0 saturated carbocycles. The van der Waals surface area contributed by atoms with Crippen LogP contribution in [0.2, 0.25) is 0 Å². The molecular formula is C21H21N3O4. The van der Waals surface area contributed by atoms with Crippen LogP contribution in [0.4, 0.5) is 17.1 Å². The Morgan fingerprint density at radius 2 is 1.71 bits per heavy atom. The molecule has 4 rings (SSSR count). The van der Waals surface area contributed by atoms with Crippen molar-refractivity contribution >= 4 is 33.9 Å². The van der Waals surface area contributed by atoms with Crippen molar-refractivity contribution in [2.45, 2.75) is 0 Å². The van der Waals surface area contributed by atoms with E-state index in [9.17, 15) is 9.59 Å². The van der Waals surface area contributed by atoms with Gasteiger partial charge >= 0.3 is 5.63 Å². The second-order valence-corrected chi connectivity index (χ2v) is 6.61. The van der Waals surface area contributed by atoms with Gasteiger partial charge in [0.05, 0.1) is 25.4 Å². The lowest BCUT2D eigenvalue weighted by Crippen LogP contribution is -2.41. The predicted molar refractivity (Wildman–Crippen MR) is 108 cm³/mol. The molecule has 0 bridgehead atoms. The third kappa shape index (κ3) is 4.39. The Kier molecular flexibility index (Phi) is 5.36. The highest BCUT2D eigenvalue weighted by molar-refractivity contribution is 5.93. The van der Waals surface area contributed by atoms with E-state index < -0.39 is 5.63 Å². The number of carbonyl (C=O) groups is 1. The maximum atomic E-state index is 12.2. The van der Waals surface area contributed by atoms with E-state index in [0.717, 1.165) is 29.9 Å². The van der Waals surface area contributed by atoms with Gasteiger partial charge in [0.1, 0.15) is 5.58 Å². The van der Waals surface area contributed by atoms with Crippen LogP contribution in [0.15, 0.2) is 63.8 Å². The standard InChI is InChI=1S/C21H21N3O4/c25-20(14-24-9-11-27-12-10-24)23-16-7-5-15(6-8-16)22-18-13-21(26)28-19-4-2-1-3-17(18)19/h1-8,13,22H,9-12,14H2,(H,23,25). The van der Waals surface area contributed by atoms with Crippen molar-refractivity contribution in [3.05, 3.63) is 65.0 Å². The van der Waals surface area contributed by atoms with E-state index >= 15 is 0 Å². The number of amides is 1. The summed E-state index contributed by atoms with van der Waals surface area (Å²) in [5.74, 6) is -0.0470. The predicted octanol–water partition coefficient (Wildman–Crippen LogP) is 2.81. The van der Waals surface area contributed by atoms with Gasteiger partial charge in [-0.05, 0) is 36.4 Å². The molecule has 1 saturated heterocycles. The first kappa shape index (κ1) is 18.2. The van der Waals surface area contributed by atoms with E-state index in [4.69, 9.17) is 9.15 Å². The van der Waals surface area contributed by atoms with Crippen molar-refractivity contribution in [2.75, 3.05) is 43.5 Å². The number of para-hydroxylation sites is 1. The van der Waals surface area contributed by atoms with E-state index in [0.29, 0.717) is 31.0 Å². The molecule has 1 aliphatic rings. The number of hydrogen-bond acceptors (Lipinski definition) is 6. The van der Waals surface area contributed by atoms with Gasteiger partial charge in [-0.3, -0.25) is 9.69 Å². The van der Waals surface area contributed by atoms with Gasteiger partial charge in [0, 0.05) is 35.9 Å². The van der Waals surface area contributed by atoms with E-state index in [2.05, 4.69) is 15.5 Å². The molecule has 0 aliphatic carbocycles. The van der Waals surface area contributed by atoms with E-state index in [1.807, 2.05) is 42.5 Å². The maximum absolute atomic E-state index is 12.2. The molecule has 1 fully saturated rings. The van der Waals surface area contributed by atoms with Crippen molar-refractivity contribution < 1.29 is 13.9 Å². The molecule has 1 aromatic heterocycles. The highest BCUT2D eigenvalue weighted by Gasteiger charge is 2.14. The number of ether oxygens (including phenoxy) is 1. The molecule has 7 nitrogen and oxygen atoms in total. The van der Waals surface area contributed by atoms with Gasteiger partial charge in [-0.2, -0.15) is 0 Å². The van der Waals surface area contributed by atoms with Crippen LogP contribution in [0.3, 0.4) is 0 Å². The Labute approximate surface area is 161 Å². The van der Waals surface area contributed by atoms with Crippen LogP contribution in [-0.4, -0.2) is 43.7 Å². The van der Waals surface area contributed by atoms with Crippen molar-refractivity contribution in [3.63, 3.8) is 0 Å². The molecule has 144 valence electrons. The molecule has 28 heavy (non-hydrogen) atoms. The number of morpholine rings is 1. The summed E-state index contributed by atoms with van der Waals surface area (Å²) < 4.78 is 10.5. The number of fused-ring (bicyclic) bond motifs is 1. The van der Waals surface area contributed by atoms with Crippen molar-refractivity contribution in [3.8, 4) is 0 Å². The van der Waals surface area contributed by atoms with E-state index in [1.165, 1.54) is 6.07 Å². The Bertz CT molecular complexity index is 1020. The number of anilines is 3. The third-order valence-electron chi connectivity index (χ3n) is 4.57. The highest BCUT2D eigenvalue weighted by Crippen LogP contribution is 2.25. The normalized spacial score (nSPS) is 14.7. The summed E-state index contributed by atoms with van der Waals surface area (Å²) in [6.45, 7) is 3.24. The zero-order valence-electron chi connectivity index (χ0n) is 15.3. The smallest absolute Gasteiger partial charge is 0.338 e. The fraction of sp³-hybridized carbons (Fsp3) is 0.238. The second-order valence-electron chi connectivity index (χ2n) is 6.61. The number of benzene rings is 2. The zero-order valence-corrected chi connectivity index (χ0v) is 15.3. The molecule has 7 heteroatoms. The topological polar surface area (TPSA) is 83.8 Å². The Morgan fingerprint density at radius 3 is 2.50 bits per heavy atom. The molecule has 2 aromatic carbocycles. The summed E-state index contributed by atoms with van der Waals surface area (Å²) in [6.07, 6.45) is 0. The molecule has 2 heterocycles. The monoisotopic (exact) mass is 379 g/mol. The lowest BCUT2D eigenvalue weighted by Gasteiger charge is -2.25. The lowest BCUT2D eigenvalue weighted by atomic mass is 10.2. The number of rotatable bonds is 5. The van der Waals surface area contributed by atoms with Gasteiger partial charge in [0.15, 0.2) is 0 Å². The fourth-order valence-corrected chi connectivity index (χ4v) is 3.17. The molecule has 1 amide bonds. The summed E-state index contributed by atoms with van der Waals surface area (Å²) in [5.41, 5.74) is 2.33. The summed E-state index contributed by atoms with van der Waals surface area (Å²) in [4.78, 5) is 26.0. The Morgan fingerprint density at radius 1 is 1.00 bits per heavy atom. The van der Waals surface area contributed by atoms with Crippen LogP contribution in [0.1, 0.15) is 0 Å². The summed E-state index contributed by atoms with van der Waals surface area (Å²) in [6, 6.07) is 16.2. The summed E-state index contributed by atoms with van der Waals surface area (Å²) in [5, 5.41) is 6.97. The molecule has 3 aromatic rings. The maximum Gasteiger partial charge on any atom is 0.338 e. The first-order chi connectivity index (χ1) is 13.7. The fourth-order valence-electron chi connectivity index (χ4n) is 3.17. The molecule has 0 radical (unpaired) electrons. The number of carbonyl (C=O) groups excluding carboxylic acids is 1. The minimum atomic E-state index is -0.409. The van der Waals surface area contributed by atoms with Gasteiger partial charge < -0.3 is 19.8 Å². The van der Waals surface area contributed by atoms with Crippen LogP contribution in [0.25, 0.3) is 11.0 Å². The lowest BCUT2D eigenvalue weighted by molar-refractivity contribution is -0.118. The van der Waals surface area contributed by atoms with Crippen LogP contribution in [-0.2, 0) is 9.53 Å². The zero-order chi connectivity index (χ0) is 19.3. The average Bonchev–Trinajstić information content (AvgIpc) is 2.70. The minimum Gasteiger partial charge on any atom is -0.423 e. The van der Waals surface area contributed by atoms with Gasteiger partial charge in [0.25, 0.3) is 0 Å². The summed E-state index contributed by atoms with van der Waals surface area (Å²) in [7, 11) is 0. The highest BCUT2D eigenvalue weighted by atomic mass is 16.5. The largest absolute Gasteiger partial charge is 0.423 e. The van der Waals surface area contributed by atoms with E-state index in [-0.39, 0.29) is 5.91 Å². The minimum absolute atomic E-state index is 0.0470. The number of hydrogen-bond donors (Lipinski definition) is 2. The van der Waals surface area contributed by atoms with Crippen molar-refractivity contribution in [1.29, 1.82) is 0 Å². The second kappa shape index (κ2) is 8.24. The van der Waals surface area contributed by atoms with Crippen LogP contribution in [0, 0.1) is 0 Å². The number of nitrogens with one attached hydrogen (secondary N) is 2. The van der Waals surface area contributed by atoms with Gasteiger partial charge in [-0.25, -0.2) is 4.79 Å². The Hall–Kier alpha value is -3.16. The molecular weight excluding hydrogens is 358 g/mol.